The molecule has 45 heavy (non-hydrogen) atoms. The van der Waals surface area contributed by atoms with Crippen molar-refractivity contribution in [2.24, 2.45) is 0 Å². The molecule has 2 N–H and O–H groups in total. The molecular formula is C29H37F3N4O6S2Si. The van der Waals surface area contributed by atoms with Crippen LogP contribution in [0.4, 0.5) is 19.0 Å². The van der Waals surface area contributed by atoms with Gasteiger partial charge in [-0.2, -0.15) is 18.2 Å². The topological polar surface area (TPSA) is 121 Å². The molecule has 1 aliphatic heterocycles. The maximum Gasteiger partial charge on any atom is 0.471 e. The van der Waals surface area contributed by atoms with Gasteiger partial charge in [-0.25, -0.2) is 4.79 Å². The summed E-state index contributed by atoms with van der Waals surface area (Å²) in [6.07, 6.45) is -3.26. The van der Waals surface area contributed by atoms with Crippen molar-refractivity contribution in [3.05, 3.63) is 58.1 Å². The molecule has 1 aromatic heterocycles. The normalized spacial score (nSPS) is 18.6. The van der Waals surface area contributed by atoms with Crippen molar-refractivity contribution in [1.29, 1.82) is 0 Å². The summed E-state index contributed by atoms with van der Waals surface area (Å²) in [7, 11) is 0.928. The Bertz CT molecular complexity index is 1460. The molecule has 1 aromatic carbocycles. The Hall–Kier alpha value is -2.81. The van der Waals surface area contributed by atoms with Crippen molar-refractivity contribution in [2.45, 2.75) is 69.9 Å². The maximum atomic E-state index is 13.3. The number of nitrogens with one attached hydrogen (secondary N) is 2. The van der Waals surface area contributed by atoms with Crippen LogP contribution >= 0.6 is 21.6 Å². The van der Waals surface area contributed by atoms with E-state index in [0.717, 1.165) is 0 Å². The van der Waals surface area contributed by atoms with Crippen molar-refractivity contribution in [2.75, 3.05) is 30.7 Å². The number of hydrogen-bond donors (Lipinski definition) is 2. The summed E-state index contributed by atoms with van der Waals surface area (Å²) in [5.74, 6) is 2.51. The van der Waals surface area contributed by atoms with Crippen molar-refractivity contribution in [3.63, 3.8) is 0 Å². The average molecular weight is 687 g/mol. The van der Waals surface area contributed by atoms with E-state index in [2.05, 4.69) is 56.0 Å². The molecule has 1 aliphatic rings. The Morgan fingerprint density at radius 1 is 1.20 bits per heavy atom. The van der Waals surface area contributed by atoms with Crippen LogP contribution in [-0.2, 0) is 18.7 Å². The highest BCUT2D eigenvalue weighted by atomic mass is 33.1. The standard InChI is InChI=1S/C29H37F3N4O6S2Si/c1-28(2,3)45(5,6)41-17-22-21(40-18-44-43-4)15-23(42-22)36-16-20(13-10-14-33-26(38)29(30,31)32)24(35-27(36)39)34-25(37)19-11-8-7-9-12-19/h7-9,11-12,16,21-23H,14-15,17-18H2,1-6H3,(H,33,38)(H,34,35,37,39)/t21-,22-,23-/m1/s1. The Kier molecular flexibility index (Phi) is 12.7. The molecule has 2 aromatic rings. The molecule has 246 valence electrons. The molecule has 3 rings (SSSR count). The summed E-state index contributed by atoms with van der Waals surface area (Å²) in [5, 5.41) is 4.17. The number of amides is 2. The van der Waals surface area contributed by atoms with Crippen LogP contribution in [0, 0.1) is 11.8 Å². The summed E-state index contributed by atoms with van der Waals surface area (Å²) in [4.78, 5) is 41.3. The third-order valence-electron chi connectivity index (χ3n) is 7.39. The fourth-order valence-electron chi connectivity index (χ4n) is 3.86. The number of anilines is 1. The molecule has 16 heteroatoms. The van der Waals surface area contributed by atoms with Gasteiger partial charge in [-0.3, -0.25) is 14.2 Å². The van der Waals surface area contributed by atoms with Crippen molar-refractivity contribution in [1.82, 2.24) is 14.9 Å². The summed E-state index contributed by atoms with van der Waals surface area (Å²) >= 11 is 0. The van der Waals surface area contributed by atoms with Crippen LogP contribution in [-0.4, -0.2) is 73.4 Å². The molecule has 10 nitrogen and oxygen atoms in total. The van der Waals surface area contributed by atoms with Gasteiger partial charge in [-0.1, -0.05) is 72.4 Å². The molecule has 2 amide bonds. The van der Waals surface area contributed by atoms with Crippen LogP contribution in [0.5, 0.6) is 0 Å². The minimum atomic E-state index is -5.07. The minimum absolute atomic E-state index is 0.0279. The zero-order chi connectivity index (χ0) is 33.4. The van der Waals surface area contributed by atoms with Gasteiger partial charge in [0.05, 0.1) is 24.8 Å². The maximum absolute atomic E-state index is 13.3. The highest BCUT2D eigenvalue weighted by Gasteiger charge is 2.42. The second kappa shape index (κ2) is 15.7. The number of carbonyl (C=O) groups excluding carboxylic acids is 2. The number of ether oxygens (including phenoxy) is 2. The van der Waals surface area contributed by atoms with Gasteiger partial charge in [0.15, 0.2) is 14.1 Å². The van der Waals surface area contributed by atoms with Gasteiger partial charge in [0.1, 0.15) is 18.3 Å². The van der Waals surface area contributed by atoms with Gasteiger partial charge in [0, 0.05) is 18.2 Å². The van der Waals surface area contributed by atoms with Gasteiger partial charge in [-0.15, -0.1) is 0 Å². The molecular weight excluding hydrogens is 650 g/mol. The molecule has 0 saturated carbocycles. The first-order chi connectivity index (χ1) is 21.0. The van der Waals surface area contributed by atoms with Gasteiger partial charge in [0.2, 0.25) is 0 Å². The molecule has 1 saturated heterocycles. The van der Waals surface area contributed by atoms with E-state index in [-0.39, 0.29) is 35.0 Å². The van der Waals surface area contributed by atoms with E-state index in [1.54, 1.807) is 46.4 Å². The van der Waals surface area contributed by atoms with E-state index in [9.17, 15) is 27.6 Å². The Balaban J connectivity index is 1.92. The van der Waals surface area contributed by atoms with Crippen LogP contribution < -0.4 is 16.3 Å². The summed E-state index contributed by atoms with van der Waals surface area (Å²) < 4.78 is 57.7. The molecule has 3 atom stereocenters. The molecule has 0 bridgehead atoms. The first kappa shape index (κ1) is 36.7. The lowest BCUT2D eigenvalue weighted by molar-refractivity contribution is -0.173. The fourth-order valence-corrected chi connectivity index (χ4v) is 5.66. The van der Waals surface area contributed by atoms with Crippen molar-refractivity contribution in [3.8, 4) is 11.8 Å². The SMILES string of the molecule is CSSCO[C@@H]1C[C@H](n2cc(C#CCNC(=O)C(F)(F)F)c(NC(=O)c3ccccc3)nc2=O)O[C@@H]1CO[Si](C)(C)C(C)(C)C. The monoisotopic (exact) mass is 686 g/mol. The summed E-state index contributed by atoms with van der Waals surface area (Å²) in [6.45, 7) is 10.2. The van der Waals surface area contributed by atoms with Gasteiger partial charge in [0.25, 0.3) is 5.91 Å². The van der Waals surface area contributed by atoms with Crippen molar-refractivity contribution >= 4 is 47.5 Å². The Labute approximate surface area is 269 Å². The second-order valence-corrected chi connectivity index (χ2v) is 18.9. The predicted molar refractivity (Wildman–Crippen MR) is 171 cm³/mol. The summed E-state index contributed by atoms with van der Waals surface area (Å²) in [5.41, 5.74) is -0.436. The van der Waals surface area contributed by atoms with Gasteiger partial charge in [-0.05, 0) is 36.5 Å². The predicted octanol–water partition coefficient (Wildman–Crippen LogP) is 5.19. The van der Waals surface area contributed by atoms with Crippen LogP contribution in [0.2, 0.25) is 18.1 Å². The van der Waals surface area contributed by atoms with Crippen LogP contribution in [0.25, 0.3) is 0 Å². The third kappa shape index (κ3) is 10.3. The molecule has 0 spiro atoms. The molecule has 0 radical (unpaired) electrons. The molecule has 0 unspecified atom stereocenters. The second-order valence-electron chi connectivity index (χ2n) is 11.5. The number of carbonyl (C=O) groups is 2. The number of rotatable bonds is 11. The molecule has 2 heterocycles. The van der Waals surface area contributed by atoms with E-state index in [4.69, 9.17) is 13.9 Å². The smallest absolute Gasteiger partial charge is 0.414 e. The fraction of sp³-hybridized carbons (Fsp3) is 0.517. The van der Waals surface area contributed by atoms with Crippen LogP contribution in [0.15, 0.2) is 41.3 Å². The number of hydrogen-bond acceptors (Lipinski definition) is 9. The van der Waals surface area contributed by atoms with E-state index >= 15 is 0 Å². The lowest BCUT2D eigenvalue weighted by Gasteiger charge is -2.37. The van der Waals surface area contributed by atoms with E-state index in [1.165, 1.54) is 21.6 Å². The number of halogens is 3. The van der Waals surface area contributed by atoms with E-state index < -0.39 is 57.0 Å². The van der Waals surface area contributed by atoms with Crippen LogP contribution in [0.3, 0.4) is 0 Å². The van der Waals surface area contributed by atoms with Gasteiger partial charge >= 0.3 is 17.8 Å². The Morgan fingerprint density at radius 3 is 2.51 bits per heavy atom. The lowest BCUT2D eigenvalue weighted by Crippen LogP contribution is -2.44. The zero-order valence-corrected chi connectivity index (χ0v) is 28.5. The van der Waals surface area contributed by atoms with Crippen LogP contribution in [0.1, 0.15) is 49.3 Å². The molecule has 0 aliphatic carbocycles. The number of nitrogens with zero attached hydrogens (tertiary/aromatic N) is 2. The third-order valence-corrected chi connectivity index (χ3v) is 13.4. The zero-order valence-electron chi connectivity index (χ0n) is 25.8. The highest BCUT2D eigenvalue weighted by molar-refractivity contribution is 8.76. The van der Waals surface area contributed by atoms with E-state index in [0.29, 0.717) is 5.94 Å². The lowest BCUT2D eigenvalue weighted by atomic mass is 10.2. The van der Waals surface area contributed by atoms with Crippen molar-refractivity contribution < 1.29 is 36.7 Å². The first-order valence-corrected chi connectivity index (χ1v) is 19.6. The quantitative estimate of drug-likeness (QED) is 0.108. The minimum Gasteiger partial charge on any atom is -0.414 e. The average Bonchev–Trinajstić information content (AvgIpc) is 3.37. The number of aromatic nitrogens is 2. The number of benzene rings is 1. The first-order valence-electron chi connectivity index (χ1n) is 13.9. The molecule has 1 fully saturated rings. The van der Waals surface area contributed by atoms with Gasteiger partial charge < -0.3 is 24.5 Å². The summed E-state index contributed by atoms with van der Waals surface area (Å²) in [6, 6.07) is 8.16. The largest absolute Gasteiger partial charge is 0.471 e. The highest BCUT2D eigenvalue weighted by Crippen LogP contribution is 2.38. The Morgan fingerprint density at radius 2 is 1.89 bits per heavy atom. The van der Waals surface area contributed by atoms with E-state index in [1.807, 2.05) is 6.26 Å². The number of alkyl halides is 3.